The van der Waals surface area contributed by atoms with Crippen LogP contribution >= 0.6 is 12.4 Å². The van der Waals surface area contributed by atoms with Gasteiger partial charge in [0.15, 0.2) is 9.84 Å². The molecule has 4 nitrogen and oxygen atoms in total. The zero-order chi connectivity index (χ0) is 8.77. The molecule has 0 radical (unpaired) electrons. The minimum Gasteiger partial charge on any atom is -0.392 e. The maximum absolute atomic E-state index is 11.3. The average molecular weight is 228 g/mol. The summed E-state index contributed by atoms with van der Waals surface area (Å²) in [5.41, 5.74) is 0. The number of aliphatic hydroxyl groups excluding tert-OH is 1. The molecule has 0 aromatic carbocycles. The SMILES string of the molecule is Cl.O=S1(=O)C[C@H]2CNC[C@@H](C1)C2O. The zero-order valence-corrected chi connectivity index (χ0v) is 8.77. The number of fused-ring (bicyclic) bond motifs is 2. The lowest BCUT2D eigenvalue weighted by molar-refractivity contribution is 0.0400. The molecule has 2 rings (SSSR count). The Morgan fingerprint density at radius 2 is 1.62 bits per heavy atom. The van der Waals surface area contributed by atoms with E-state index in [1.165, 1.54) is 0 Å². The Morgan fingerprint density at radius 1 is 1.15 bits per heavy atom. The summed E-state index contributed by atoms with van der Waals surface area (Å²) >= 11 is 0. The van der Waals surface area contributed by atoms with Crippen molar-refractivity contribution in [3.63, 3.8) is 0 Å². The second-order valence-corrected chi connectivity index (χ2v) is 5.90. The predicted octanol–water partition coefficient (Wildman–Crippen LogP) is -0.967. The number of rotatable bonds is 0. The van der Waals surface area contributed by atoms with Crippen LogP contribution in [0.4, 0.5) is 0 Å². The second kappa shape index (κ2) is 3.73. The molecule has 6 heteroatoms. The fraction of sp³-hybridized carbons (Fsp3) is 1.00. The van der Waals surface area contributed by atoms with E-state index in [2.05, 4.69) is 5.32 Å². The highest BCUT2D eigenvalue weighted by Gasteiger charge is 2.41. The number of nitrogens with one attached hydrogen (secondary N) is 1. The number of hydrogen-bond donors (Lipinski definition) is 2. The van der Waals surface area contributed by atoms with Gasteiger partial charge in [-0.15, -0.1) is 12.4 Å². The smallest absolute Gasteiger partial charge is 0.151 e. The summed E-state index contributed by atoms with van der Waals surface area (Å²) < 4.78 is 22.5. The van der Waals surface area contributed by atoms with Gasteiger partial charge in [0.05, 0.1) is 17.6 Å². The van der Waals surface area contributed by atoms with Gasteiger partial charge in [0.1, 0.15) is 0 Å². The molecule has 2 aliphatic rings. The zero-order valence-electron chi connectivity index (χ0n) is 7.14. The van der Waals surface area contributed by atoms with Crippen LogP contribution in [0.1, 0.15) is 0 Å². The van der Waals surface area contributed by atoms with Gasteiger partial charge in [0.2, 0.25) is 0 Å². The van der Waals surface area contributed by atoms with Gasteiger partial charge in [0.25, 0.3) is 0 Å². The molecule has 0 amide bonds. The largest absolute Gasteiger partial charge is 0.392 e. The van der Waals surface area contributed by atoms with Crippen LogP contribution in [0.15, 0.2) is 0 Å². The Balaban J connectivity index is 0.000000845. The maximum atomic E-state index is 11.3. The van der Waals surface area contributed by atoms with Crippen LogP contribution in [0, 0.1) is 11.8 Å². The third kappa shape index (κ3) is 2.15. The van der Waals surface area contributed by atoms with Gasteiger partial charge in [-0.05, 0) is 0 Å². The third-order valence-corrected chi connectivity index (χ3v) is 4.59. The molecule has 2 bridgehead atoms. The van der Waals surface area contributed by atoms with Crippen molar-refractivity contribution in [1.29, 1.82) is 0 Å². The number of halogens is 1. The normalized spacial score (nSPS) is 42.1. The standard InChI is InChI=1S/C7H13NO3S.ClH/c9-7-5-1-8-2-6(7)4-12(10,11)3-5;/h5-9H,1-4H2;1H/t5-,6+,7?;. The van der Waals surface area contributed by atoms with E-state index in [9.17, 15) is 13.5 Å². The van der Waals surface area contributed by atoms with Gasteiger partial charge in [-0.1, -0.05) is 0 Å². The van der Waals surface area contributed by atoms with E-state index in [0.717, 1.165) is 0 Å². The molecule has 2 aliphatic heterocycles. The summed E-state index contributed by atoms with van der Waals surface area (Å²) in [4.78, 5) is 0. The molecule has 13 heavy (non-hydrogen) atoms. The van der Waals surface area contributed by atoms with Crippen LogP contribution in [0.3, 0.4) is 0 Å². The molecular weight excluding hydrogens is 214 g/mol. The van der Waals surface area contributed by atoms with E-state index >= 15 is 0 Å². The van der Waals surface area contributed by atoms with Crippen molar-refractivity contribution < 1.29 is 13.5 Å². The summed E-state index contributed by atoms with van der Waals surface area (Å²) in [5, 5.41) is 12.7. The number of piperidine rings is 1. The number of aliphatic hydroxyl groups is 1. The van der Waals surface area contributed by atoms with Crippen molar-refractivity contribution in [2.75, 3.05) is 24.6 Å². The summed E-state index contributed by atoms with van der Waals surface area (Å²) in [6, 6.07) is 0. The molecule has 3 atom stereocenters. The first kappa shape index (κ1) is 11.2. The lowest BCUT2D eigenvalue weighted by Crippen LogP contribution is -2.55. The molecule has 0 aromatic rings. The van der Waals surface area contributed by atoms with Crippen LogP contribution < -0.4 is 5.32 Å². The van der Waals surface area contributed by atoms with Crippen molar-refractivity contribution in [2.24, 2.45) is 11.8 Å². The quantitative estimate of drug-likeness (QED) is 0.559. The second-order valence-electron chi connectivity index (χ2n) is 3.75. The Morgan fingerprint density at radius 3 is 2.08 bits per heavy atom. The van der Waals surface area contributed by atoms with Gasteiger partial charge in [0, 0.05) is 24.9 Å². The van der Waals surface area contributed by atoms with Crippen molar-refractivity contribution in [3.05, 3.63) is 0 Å². The minimum atomic E-state index is -2.87. The van der Waals surface area contributed by atoms with Crippen LogP contribution in [0.5, 0.6) is 0 Å². The Kier molecular flexibility index (Phi) is 3.22. The maximum Gasteiger partial charge on any atom is 0.151 e. The number of sulfone groups is 1. The third-order valence-electron chi connectivity index (χ3n) is 2.72. The molecular formula is C7H14ClNO3S. The molecule has 0 aromatic heterocycles. The fourth-order valence-electron chi connectivity index (χ4n) is 2.12. The molecule has 0 aliphatic carbocycles. The van der Waals surface area contributed by atoms with Gasteiger partial charge in [-0.2, -0.15) is 0 Å². The van der Waals surface area contributed by atoms with Crippen LogP contribution in [0.2, 0.25) is 0 Å². The molecule has 2 N–H and O–H groups in total. The predicted molar refractivity (Wildman–Crippen MR) is 51.8 cm³/mol. The van der Waals surface area contributed by atoms with E-state index in [1.54, 1.807) is 0 Å². The van der Waals surface area contributed by atoms with Crippen molar-refractivity contribution in [1.82, 2.24) is 5.32 Å². The van der Waals surface area contributed by atoms with Crippen molar-refractivity contribution >= 4 is 22.2 Å². The first-order valence-corrected chi connectivity index (χ1v) is 6.00. The highest BCUT2D eigenvalue weighted by Crippen LogP contribution is 2.26. The van der Waals surface area contributed by atoms with E-state index in [0.29, 0.717) is 13.1 Å². The minimum absolute atomic E-state index is 0. The fourth-order valence-corrected chi connectivity index (χ4v) is 4.19. The number of hydrogen-bond acceptors (Lipinski definition) is 4. The molecule has 2 fully saturated rings. The highest BCUT2D eigenvalue weighted by atomic mass is 35.5. The van der Waals surface area contributed by atoms with Crippen LogP contribution in [-0.4, -0.2) is 44.2 Å². The molecule has 2 heterocycles. The lowest BCUT2D eigenvalue weighted by Gasteiger charge is -2.39. The molecule has 0 saturated carbocycles. The van der Waals surface area contributed by atoms with Crippen LogP contribution in [0.25, 0.3) is 0 Å². The summed E-state index contributed by atoms with van der Waals surface area (Å²) in [5.74, 6) is 0.139. The lowest BCUT2D eigenvalue weighted by atomic mass is 9.89. The van der Waals surface area contributed by atoms with E-state index in [1.807, 2.05) is 0 Å². The summed E-state index contributed by atoms with van der Waals surface area (Å²) in [7, 11) is -2.87. The van der Waals surface area contributed by atoms with Crippen molar-refractivity contribution in [2.45, 2.75) is 6.10 Å². The molecule has 1 unspecified atom stereocenters. The first-order valence-electron chi connectivity index (χ1n) is 4.18. The van der Waals surface area contributed by atoms with Gasteiger partial charge >= 0.3 is 0 Å². The monoisotopic (exact) mass is 227 g/mol. The van der Waals surface area contributed by atoms with Gasteiger partial charge in [-0.3, -0.25) is 0 Å². The first-order chi connectivity index (χ1) is 5.58. The van der Waals surface area contributed by atoms with Crippen LogP contribution in [-0.2, 0) is 9.84 Å². The van der Waals surface area contributed by atoms with E-state index < -0.39 is 15.9 Å². The molecule has 2 saturated heterocycles. The molecule has 0 spiro atoms. The summed E-state index contributed by atoms with van der Waals surface area (Å²) in [6.45, 7) is 1.27. The van der Waals surface area contributed by atoms with Gasteiger partial charge < -0.3 is 10.4 Å². The van der Waals surface area contributed by atoms with Gasteiger partial charge in [-0.25, -0.2) is 8.42 Å². The van der Waals surface area contributed by atoms with E-state index in [4.69, 9.17) is 0 Å². The van der Waals surface area contributed by atoms with Crippen molar-refractivity contribution in [3.8, 4) is 0 Å². The highest BCUT2D eigenvalue weighted by molar-refractivity contribution is 7.91. The Bertz CT molecular complexity index is 259. The Hall–Kier alpha value is 0.160. The summed E-state index contributed by atoms with van der Waals surface area (Å²) in [6.07, 6.45) is -0.408. The Labute approximate surface area is 84.0 Å². The van der Waals surface area contributed by atoms with E-state index in [-0.39, 0.29) is 35.7 Å². The molecule has 78 valence electrons. The average Bonchev–Trinajstić information content (AvgIpc) is 1.92. The topological polar surface area (TPSA) is 66.4 Å².